The van der Waals surface area contributed by atoms with Gasteiger partial charge in [-0.15, -0.1) is 0 Å². The van der Waals surface area contributed by atoms with E-state index in [-0.39, 0.29) is 35.5 Å². The first-order chi connectivity index (χ1) is 13.2. The number of anilines is 1. The maximum atomic E-state index is 13.1. The molecule has 7 rings (SSSR count). The van der Waals surface area contributed by atoms with Crippen molar-refractivity contribution in [1.29, 1.82) is 0 Å². The molecule has 0 spiro atoms. The number of hydrogen-bond donors (Lipinski definition) is 0. The van der Waals surface area contributed by atoms with Crippen molar-refractivity contribution in [3.05, 3.63) is 66.7 Å². The number of carbonyl (C=O) groups is 2. The summed E-state index contributed by atoms with van der Waals surface area (Å²) in [6.07, 6.45) is 5.58. The van der Waals surface area contributed by atoms with Crippen LogP contribution in [-0.4, -0.2) is 11.8 Å². The zero-order valence-corrected chi connectivity index (χ0v) is 14.7. The summed E-state index contributed by atoms with van der Waals surface area (Å²) in [6.45, 7) is 0. The SMILES string of the molecule is O=C1[C@@H]2[C@@H]3C=C[C@@H]([C@@H]4C[C@H]34)[C@@H]2C(=O)N1c1ccc(Oc2ccccc2)cc1. The van der Waals surface area contributed by atoms with E-state index in [0.717, 1.165) is 5.75 Å². The molecule has 1 aliphatic heterocycles. The first-order valence-corrected chi connectivity index (χ1v) is 9.61. The fourth-order valence-electron chi connectivity index (χ4n) is 5.50. The van der Waals surface area contributed by atoms with E-state index in [4.69, 9.17) is 4.74 Å². The zero-order chi connectivity index (χ0) is 18.1. The summed E-state index contributed by atoms with van der Waals surface area (Å²) in [5.74, 6) is 2.85. The quantitative estimate of drug-likeness (QED) is 0.615. The lowest BCUT2D eigenvalue weighted by molar-refractivity contribution is -0.124. The van der Waals surface area contributed by atoms with Gasteiger partial charge in [0.05, 0.1) is 17.5 Å². The van der Waals surface area contributed by atoms with Gasteiger partial charge < -0.3 is 4.74 Å². The van der Waals surface area contributed by atoms with Gasteiger partial charge in [0.15, 0.2) is 0 Å². The topological polar surface area (TPSA) is 46.6 Å². The van der Waals surface area contributed by atoms with Crippen LogP contribution in [0.1, 0.15) is 6.42 Å². The number of imide groups is 1. The average Bonchev–Trinajstić information content (AvgIpc) is 3.48. The number of rotatable bonds is 3. The molecule has 4 heteroatoms. The van der Waals surface area contributed by atoms with Crippen molar-refractivity contribution in [3.8, 4) is 11.5 Å². The molecule has 1 heterocycles. The van der Waals surface area contributed by atoms with Gasteiger partial charge in [0.2, 0.25) is 11.8 Å². The molecule has 4 aliphatic carbocycles. The van der Waals surface area contributed by atoms with E-state index in [0.29, 0.717) is 23.3 Å². The predicted molar refractivity (Wildman–Crippen MR) is 100 cm³/mol. The average molecular weight is 357 g/mol. The van der Waals surface area contributed by atoms with Crippen LogP contribution in [0.2, 0.25) is 0 Å². The van der Waals surface area contributed by atoms with E-state index in [9.17, 15) is 9.59 Å². The van der Waals surface area contributed by atoms with Crippen LogP contribution in [0.3, 0.4) is 0 Å². The van der Waals surface area contributed by atoms with Crippen LogP contribution in [0.15, 0.2) is 66.7 Å². The molecule has 2 bridgehead atoms. The minimum absolute atomic E-state index is 0.0218. The molecule has 6 atom stereocenters. The summed E-state index contributed by atoms with van der Waals surface area (Å²) in [5.41, 5.74) is 0.646. The number of carbonyl (C=O) groups excluding carboxylic acids is 2. The highest BCUT2D eigenvalue weighted by molar-refractivity contribution is 6.22. The van der Waals surface area contributed by atoms with Gasteiger partial charge in [0.25, 0.3) is 0 Å². The van der Waals surface area contributed by atoms with Crippen LogP contribution in [0.4, 0.5) is 5.69 Å². The van der Waals surface area contributed by atoms with Crippen LogP contribution in [0.5, 0.6) is 11.5 Å². The van der Waals surface area contributed by atoms with Crippen molar-refractivity contribution in [1.82, 2.24) is 0 Å². The van der Waals surface area contributed by atoms with E-state index < -0.39 is 0 Å². The summed E-state index contributed by atoms with van der Waals surface area (Å²) in [6, 6.07) is 16.8. The summed E-state index contributed by atoms with van der Waals surface area (Å²) < 4.78 is 5.81. The highest BCUT2D eigenvalue weighted by atomic mass is 16.5. The minimum Gasteiger partial charge on any atom is -0.457 e. The minimum atomic E-state index is -0.156. The predicted octanol–water partition coefficient (Wildman–Crippen LogP) is 4.04. The highest BCUT2D eigenvalue weighted by Gasteiger charge is 2.67. The van der Waals surface area contributed by atoms with Gasteiger partial charge in [0, 0.05) is 0 Å². The lowest BCUT2D eigenvalue weighted by atomic mass is 9.63. The highest BCUT2D eigenvalue weighted by Crippen LogP contribution is 2.65. The fraction of sp³-hybridized carbons (Fsp3) is 0.304. The number of hydrogen-bond acceptors (Lipinski definition) is 3. The maximum absolute atomic E-state index is 13.1. The molecule has 0 radical (unpaired) electrons. The third-order valence-electron chi connectivity index (χ3n) is 6.74. The molecule has 2 amide bonds. The number of ether oxygens (including phenoxy) is 1. The summed E-state index contributed by atoms with van der Waals surface area (Å²) in [4.78, 5) is 27.7. The Morgan fingerprint density at radius 2 is 1.30 bits per heavy atom. The molecular formula is C23H19NO3. The number of benzene rings is 2. The molecule has 3 fully saturated rings. The first kappa shape index (κ1) is 15.2. The zero-order valence-electron chi connectivity index (χ0n) is 14.7. The largest absolute Gasteiger partial charge is 0.457 e. The van der Waals surface area contributed by atoms with Gasteiger partial charge in [-0.2, -0.15) is 0 Å². The van der Waals surface area contributed by atoms with Gasteiger partial charge in [-0.1, -0.05) is 30.4 Å². The third kappa shape index (κ3) is 2.10. The molecule has 4 nitrogen and oxygen atoms in total. The molecule has 5 aliphatic rings. The lowest BCUT2D eigenvalue weighted by Crippen LogP contribution is -2.40. The number of amides is 2. The van der Waals surface area contributed by atoms with Crippen LogP contribution in [0.25, 0.3) is 0 Å². The summed E-state index contributed by atoms with van der Waals surface area (Å²) in [5, 5.41) is 0. The number of para-hydroxylation sites is 1. The number of nitrogens with zero attached hydrogens (tertiary/aromatic N) is 1. The maximum Gasteiger partial charge on any atom is 0.238 e. The summed E-state index contributed by atoms with van der Waals surface area (Å²) in [7, 11) is 0. The second-order valence-corrected chi connectivity index (χ2v) is 8.08. The van der Waals surface area contributed by atoms with Crippen molar-refractivity contribution in [3.63, 3.8) is 0 Å². The second kappa shape index (κ2) is 5.32. The Balaban J connectivity index is 1.28. The van der Waals surface area contributed by atoms with E-state index in [1.165, 1.54) is 11.3 Å². The molecule has 0 unspecified atom stereocenters. The Bertz CT molecular complexity index is 929. The molecule has 1 saturated heterocycles. The summed E-state index contributed by atoms with van der Waals surface area (Å²) >= 11 is 0. The lowest BCUT2D eigenvalue weighted by Gasteiger charge is -2.37. The molecule has 0 N–H and O–H groups in total. The molecule has 2 aromatic rings. The second-order valence-electron chi connectivity index (χ2n) is 8.08. The van der Waals surface area contributed by atoms with Crippen LogP contribution in [-0.2, 0) is 9.59 Å². The Kier molecular flexibility index (Phi) is 2.99. The van der Waals surface area contributed by atoms with E-state index in [2.05, 4.69) is 12.2 Å². The Hall–Kier alpha value is -2.88. The van der Waals surface area contributed by atoms with Crippen molar-refractivity contribution >= 4 is 17.5 Å². The van der Waals surface area contributed by atoms with Gasteiger partial charge in [-0.3, -0.25) is 14.5 Å². The molecule has 134 valence electrons. The Morgan fingerprint density at radius 3 is 1.89 bits per heavy atom. The van der Waals surface area contributed by atoms with Gasteiger partial charge in [0.1, 0.15) is 11.5 Å². The standard InChI is InChI=1S/C23H19NO3/c25-22-20-16-10-11-17(19-12-18(16)19)21(20)23(26)24(22)13-6-8-15(9-7-13)27-14-4-2-1-3-5-14/h1-11,16-21H,12H2/t16-,17+,18-,19+,20-,21+. The van der Waals surface area contributed by atoms with E-state index in [1.807, 2.05) is 54.6 Å². The van der Waals surface area contributed by atoms with Gasteiger partial charge in [-0.05, 0) is 66.5 Å². The van der Waals surface area contributed by atoms with Crippen LogP contribution in [0, 0.1) is 35.5 Å². The Labute approximate surface area is 157 Å². The van der Waals surface area contributed by atoms with Gasteiger partial charge >= 0.3 is 0 Å². The van der Waals surface area contributed by atoms with Crippen LogP contribution < -0.4 is 9.64 Å². The normalized spacial score (nSPS) is 35.2. The van der Waals surface area contributed by atoms with Crippen molar-refractivity contribution < 1.29 is 14.3 Å². The third-order valence-corrected chi connectivity index (χ3v) is 6.74. The van der Waals surface area contributed by atoms with Crippen molar-refractivity contribution in [2.24, 2.45) is 35.5 Å². The first-order valence-electron chi connectivity index (χ1n) is 9.61. The monoisotopic (exact) mass is 357 g/mol. The van der Waals surface area contributed by atoms with E-state index >= 15 is 0 Å². The molecule has 27 heavy (non-hydrogen) atoms. The molecule has 2 saturated carbocycles. The van der Waals surface area contributed by atoms with Crippen molar-refractivity contribution in [2.45, 2.75) is 6.42 Å². The molecule has 0 aromatic heterocycles. The number of allylic oxidation sites excluding steroid dienone is 2. The Morgan fingerprint density at radius 1 is 0.741 bits per heavy atom. The van der Waals surface area contributed by atoms with E-state index in [1.54, 1.807) is 0 Å². The molecular weight excluding hydrogens is 338 g/mol. The molecule has 2 aromatic carbocycles. The van der Waals surface area contributed by atoms with Crippen molar-refractivity contribution in [2.75, 3.05) is 4.90 Å². The van der Waals surface area contributed by atoms with Crippen LogP contribution >= 0.6 is 0 Å². The van der Waals surface area contributed by atoms with Gasteiger partial charge in [-0.25, -0.2) is 0 Å². The smallest absolute Gasteiger partial charge is 0.238 e. The fourth-order valence-corrected chi connectivity index (χ4v) is 5.50.